The number of aromatic nitrogens is 5. The highest BCUT2D eigenvalue weighted by Gasteiger charge is 2.29. The molecule has 0 radical (unpaired) electrons. The molecule has 3 aromatic heterocycles. The van der Waals surface area contributed by atoms with Crippen LogP contribution in [-0.4, -0.2) is 100 Å². The van der Waals surface area contributed by atoms with E-state index in [0.717, 1.165) is 53.9 Å². The second-order valence-corrected chi connectivity index (χ2v) is 10.0. The number of likely N-dealkylation sites (N-methyl/N-ethyl adjacent to an activating group) is 1. The third-order valence-electron chi connectivity index (χ3n) is 7.13. The summed E-state index contributed by atoms with van der Waals surface area (Å²) >= 11 is 0. The van der Waals surface area contributed by atoms with Gasteiger partial charge in [0.2, 0.25) is 11.9 Å². The topological polar surface area (TPSA) is 125 Å². The minimum atomic E-state index is -0.366. The number of H-pyrrole nitrogens is 1. The zero-order chi connectivity index (χ0) is 28.2. The number of hydrogen-bond acceptors (Lipinski definition) is 9. The zero-order valence-electron chi connectivity index (χ0n) is 23.7. The van der Waals surface area contributed by atoms with Gasteiger partial charge >= 0.3 is 0 Å². The van der Waals surface area contributed by atoms with Crippen molar-refractivity contribution in [3.8, 4) is 17.1 Å². The van der Waals surface area contributed by atoms with Crippen LogP contribution in [0.5, 0.6) is 5.88 Å². The number of fused-ring (bicyclic) bond motifs is 1. The van der Waals surface area contributed by atoms with Gasteiger partial charge in [0.05, 0.1) is 36.3 Å². The molecule has 0 bridgehead atoms. The van der Waals surface area contributed by atoms with Crippen LogP contribution in [-0.2, 0) is 16.6 Å². The predicted octanol–water partition coefficient (Wildman–Crippen LogP) is 3.01. The van der Waals surface area contributed by atoms with E-state index < -0.39 is 0 Å². The van der Waals surface area contributed by atoms with E-state index in [2.05, 4.69) is 42.5 Å². The highest BCUT2D eigenvalue weighted by Crippen LogP contribution is 2.34. The minimum absolute atomic E-state index is 0.0821. The summed E-state index contributed by atoms with van der Waals surface area (Å²) in [6, 6.07) is 5.50. The lowest BCUT2D eigenvalue weighted by Gasteiger charge is -2.36. The van der Waals surface area contributed by atoms with Gasteiger partial charge in [0, 0.05) is 63.7 Å². The number of piperazine rings is 1. The Bertz CT molecular complexity index is 1470. The second kappa shape index (κ2) is 12.0. The highest BCUT2D eigenvalue weighted by molar-refractivity contribution is 6.06. The Morgan fingerprint density at radius 2 is 1.98 bits per heavy atom. The molecule has 1 amide bonds. The van der Waals surface area contributed by atoms with Gasteiger partial charge in [0.25, 0.3) is 5.88 Å². The Morgan fingerprint density at radius 1 is 1.18 bits per heavy atom. The number of nitrogens with zero attached hydrogens (tertiary/aromatic N) is 6. The number of anilines is 3. The molecule has 1 saturated heterocycles. The molecular weight excluding hydrogens is 510 g/mol. The molecule has 12 heteroatoms. The van der Waals surface area contributed by atoms with E-state index in [1.165, 1.54) is 0 Å². The van der Waals surface area contributed by atoms with E-state index in [0.29, 0.717) is 36.4 Å². The Balaban J connectivity index is 1.41. The van der Waals surface area contributed by atoms with E-state index >= 15 is 0 Å². The number of hydrogen-bond donors (Lipinski definition) is 3. The predicted molar refractivity (Wildman–Crippen MR) is 155 cm³/mol. The first-order valence-corrected chi connectivity index (χ1v) is 13.5. The molecule has 40 heavy (non-hydrogen) atoms. The Morgan fingerprint density at radius 3 is 2.73 bits per heavy atom. The van der Waals surface area contributed by atoms with E-state index in [-0.39, 0.29) is 11.9 Å². The van der Waals surface area contributed by atoms with Crippen LogP contribution in [0.3, 0.4) is 0 Å². The summed E-state index contributed by atoms with van der Waals surface area (Å²) in [7, 11) is 5.56. The van der Waals surface area contributed by atoms with Crippen molar-refractivity contribution in [2.75, 3.05) is 64.2 Å². The summed E-state index contributed by atoms with van der Waals surface area (Å²) in [6.45, 7) is 8.21. The van der Waals surface area contributed by atoms with Gasteiger partial charge in [-0.25, -0.2) is 9.97 Å². The van der Waals surface area contributed by atoms with Crippen molar-refractivity contribution in [3.63, 3.8) is 0 Å². The third-order valence-corrected chi connectivity index (χ3v) is 7.13. The van der Waals surface area contributed by atoms with Crippen molar-refractivity contribution in [1.82, 2.24) is 34.5 Å². The van der Waals surface area contributed by atoms with E-state index in [1.807, 2.05) is 51.5 Å². The average Bonchev–Trinajstić information content (AvgIpc) is 3.52. The molecule has 0 saturated carbocycles. The van der Waals surface area contributed by atoms with Gasteiger partial charge in [0.1, 0.15) is 11.7 Å². The SMILES string of the molecule is CCOc1nn(C)cc1Nc1ncc(C)c(-c2c[nH]c3c(NC(=O)[C@H](COC)N4CCN(C)CC4)cccc23)n1. The quantitative estimate of drug-likeness (QED) is 0.275. The Labute approximate surface area is 233 Å². The van der Waals surface area contributed by atoms with Gasteiger partial charge in [0.15, 0.2) is 0 Å². The smallest absolute Gasteiger partial charge is 0.256 e. The molecule has 5 rings (SSSR count). The van der Waals surface area contributed by atoms with Gasteiger partial charge in [-0.3, -0.25) is 14.4 Å². The Hall–Kier alpha value is -4.00. The molecular formula is C28H37N9O3. The number of carbonyl (C=O) groups is 1. The lowest BCUT2D eigenvalue weighted by molar-refractivity contribution is -0.124. The first-order valence-electron chi connectivity index (χ1n) is 13.5. The fourth-order valence-corrected chi connectivity index (χ4v) is 5.00. The molecule has 1 aliphatic heterocycles. The molecule has 212 valence electrons. The number of carbonyl (C=O) groups excluding carboxylic acids is 1. The lowest BCUT2D eigenvalue weighted by Crippen LogP contribution is -2.54. The zero-order valence-corrected chi connectivity index (χ0v) is 23.7. The summed E-state index contributed by atoms with van der Waals surface area (Å²) in [5.74, 6) is 0.843. The van der Waals surface area contributed by atoms with E-state index in [4.69, 9.17) is 14.5 Å². The number of amides is 1. The van der Waals surface area contributed by atoms with Crippen LogP contribution < -0.4 is 15.4 Å². The van der Waals surface area contributed by atoms with Crippen molar-refractivity contribution in [1.29, 1.82) is 0 Å². The number of nitrogens with one attached hydrogen (secondary N) is 3. The molecule has 12 nitrogen and oxygen atoms in total. The van der Waals surface area contributed by atoms with Gasteiger partial charge in [-0.15, -0.1) is 5.10 Å². The van der Waals surface area contributed by atoms with E-state index in [9.17, 15) is 4.79 Å². The second-order valence-electron chi connectivity index (χ2n) is 10.0. The molecule has 1 fully saturated rings. The van der Waals surface area contributed by atoms with Crippen molar-refractivity contribution < 1.29 is 14.3 Å². The molecule has 3 N–H and O–H groups in total. The summed E-state index contributed by atoms with van der Waals surface area (Å²) in [4.78, 5) is 30.6. The number of benzene rings is 1. The van der Waals surface area contributed by atoms with Gasteiger partial charge in [-0.2, -0.15) is 0 Å². The van der Waals surface area contributed by atoms with Crippen LogP contribution in [0.2, 0.25) is 0 Å². The number of para-hydroxylation sites is 1. The largest absolute Gasteiger partial charge is 0.475 e. The number of rotatable bonds is 10. The number of methoxy groups -OCH3 is 1. The lowest BCUT2D eigenvalue weighted by atomic mass is 10.1. The maximum Gasteiger partial charge on any atom is 0.256 e. The maximum atomic E-state index is 13.4. The van der Waals surface area contributed by atoms with Crippen LogP contribution in [0.4, 0.5) is 17.3 Å². The van der Waals surface area contributed by atoms with Gasteiger partial charge < -0.3 is 30.0 Å². The number of aryl methyl sites for hydroxylation is 2. The van der Waals surface area contributed by atoms with Gasteiger partial charge in [-0.1, -0.05) is 12.1 Å². The summed E-state index contributed by atoms with van der Waals surface area (Å²) in [5, 5.41) is 11.7. The normalized spacial score (nSPS) is 15.3. The molecule has 1 aliphatic rings. The molecule has 1 atom stereocenters. The third kappa shape index (κ3) is 5.79. The van der Waals surface area contributed by atoms with Crippen LogP contribution in [0, 0.1) is 6.92 Å². The summed E-state index contributed by atoms with van der Waals surface area (Å²) in [5.41, 5.74) is 4.85. The monoisotopic (exact) mass is 547 g/mol. The molecule has 1 aromatic carbocycles. The molecule has 0 spiro atoms. The first kappa shape index (κ1) is 27.6. The number of ether oxygens (including phenoxy) is 2. The highest BCUT2D eigenvalue weighted by atomic mass is 16.5. The number of aromatic amines is 1. The van der Waals surface area contributed by atoms with Crippen molar-refractivity contribution in [2.45, 2.75) is 19.9 Å². The fourth-order valence-electron chi connectivity index (χ4n) is 5.00. The molecule has 4 heterocycles. The standard InChI is InChI=1S/C28H37N9O3/c1-6-40-27-22(16-36(4)34-27)32-28-30-14-18(2)24(33-28)20-15-29-25-19(20)8-7-9-21(25)31-26(38)23(17-39-5)37-12-10-35(3)11-13-37/h7-9,14-16,23,29H,6,10-13,17H2,1-5H3,(H,31,38)(H,30,32,33)/t23-/m0/s1. The van der Waals surface area contributed by atoms with Crippen molar-refractivity contribution >= 4 is 34.1 Å². The molecule has 0 aliphatic carbocycles. The van der Waals surface area contributed by atoms with Crippen LogP contribution in [0.25, 0.3) is 22.2 Å². The van der Waals surface area contributed by atoms with Crippen LogP contribution in [0.15, 0.2) is 36.8 Å². The van der Waals surface area contributed by atoms with Crippen molar-refractivity contribution in [2.24, 2.45) is 7.05 Å². The summed E-state index contributed by atoms with van der Waals surface area (Å²) < 4.78 is 12.7. The average molecular weight is 548 g/mol. The molecule has 4 aromatic rings. The maximum absolute atomic E-state index is 13.4. The van der Waals surface area contributed by atoms with Crippen LogP contribution >= 0.6 is 0 Å². The molecule has 0 unspecified atom stereocenters. The fraction of sp³-hybridized carbons (Fsp3) is 0.429. The van der Waals surface area contributed by atoms with E-state index in [1.54, 1.807) is 18.0 Å². The van der Waals surface area contributed by atoms with Crippen LogP contribution in [0.1, 0.15) is 12.5 Å². The van der Waals surface area contributed by atoms with Crippen molar-refractivity contribution in [3.05, 3.63) is 42.4 Å². The van der Waals surface area contributed by atoms with Gasteiger partial charge in [-0.05, 0) is 32.5 Å². The Kier molecular flexibility index (Phi) is 8.29. The summed E-state index contributed by atoms with van der Waals surface area (Å²) in [6.07, 6.45) is 5.53. The minimum Gasteiger partial charge on any atom is -0.475 e. The first-order chi connectivity index (χ1) is 19.4.